The molecule has 1 atom stereocenters. The van der Waals surface area contributed by atoms with Crippen molar-refractivity contribution < 1.29 is 14.9 Å². The minimum Gasteiger partial charge on any atom is -0.508 e. The molecule has 0 bridgehead atoms. The van der Waals surface area contributed by atoms with E-state index in [4.69, 9.17) is 4.74 Å². The second-order valence-electron chi connectivity index (χ2n) is 10.7. The van der Waals surface area contributed by atoms with Crippen molar-refractivity contribution in [2.24, 2.45) is 0 Å². The maximum absolute atomic E-state index is 9.78. The molecule has 4 nitrogen and oxygen atoms in total. The summed E-state index contributed by atoms with van der Waals surface area (Å²) in [6, 6.07) is 40.2. The van der Waals surface area contributed by atoms with Gasteiger partial charge in [0.25, 0.3) is 0 Å². The topological polar surface area (TPSA) is 52.9 Å². The van der Waals surface area contributed by atoms with Gasteiger partial charge in [0.1, 0.15) is 17.2 Å². The maximum Gasteiger partial charge on any atom is 0.119 e. The molecule has 1 unspecified atom stereocenters. The number of nitrogens with zero attached hydrogens (tertiary/aromatic N) is 1. The Morgan fingerprint density at radius 1 is 0.537 bits per heavy atom. The average molecular weight is 544 g/mol. The van der Waals surface area contributed by atoms with Gasteiger partial charge in [0.2, 0.25) is 0 Å². The third-order valence-electron chi connectivity index (χ3n) is 7.47. The monoisotopic (exact) mass is 543 g/mol. The second kappa shape index (κ2) is 12.6. The highest BCUT2D eigenvalue weighted by Crippen LogP contribution is 2.36. The van der Waals surface area contributed by atoms with Gasteiger partial charge in [0, 0.05) is 23.0 Å². The highest BCUT2D eigenvalue weighted by molar-refractivity contribution is 5.76. The number of anilines is 3. The van der Waals surface area contributed by atoms with E-state index in [2.05, 4.69) is 86.3 Å². The number of hydrogen-bond donors (Lipinski definition) is 2. The van der Waals surface area contributed by atoms with Crippen molar-refractivity contribution in [3.63, 3.8) is 0 Å². The molecule has 0 radical (unpaired) electrons. The Morgan fingerprint density at radius 3 is 1.34 bits per heavy atom. The minimum absolute atomic E-state index is 0.00267. The summed E-state index contributed by atoms with van der Waals surface area (Å²) in [5.74, 6) is 1.46. The van der Waals surface area contributed by atoms with E-state index in [9.17, 15) is 10.2 Å². The van der Waals surface area contributed by atoms with Crippen LogP contribution in [0.25, 0.3) is 0 Å². The van der Waals surface area contributed by atoms with E-state index in [0.29, 0.717) is 0 Å². The molecule has 0 heterocycles. The standard InChI is InChI=1S/C37H37NO3/c1-26-4-13-31(14-5-26)38(32-15-6-27(2)7-16-32)33-17-23-36(24-18-33)41-28(3)8-25-37(29-9-19-34(39)20-10-29)30-11-21-35(40)22-12-30/h4-7,9-24,28,37,39-40H,8,25H2,1-3H3. The zero-order chi connectivity index (χ0) is 28.8. The van der Waals surface area contributed by atoms with Gasteiger partial charge in [0.15, 0.2) is 0 Å². The lowest BCUT2D eigenvalue weighted by Gasteiger charge is -2.26. The lowest BCUT2D eigenvalue weighted by Crippen LogP contribution is -2.14. The van der Waals surface area contributed by atoms with Gasteiger partial charge in [-0.2, -0.15) is 0 Å². The number of phenolic OH excluding ortho intramolecular Hbond substituents is 2. The fourth-order valence-electron chi connectivity index (χ4n) is 5.14. The van der Waals surface area contributed by atoms with Crippen LogP contribution in [0.2, 0.25) is 0 Å². The minimum atomic E-state index is 0.00267. The van der Waals surface area contributed by atoms with Crippen LogP contribution in [-0.4, -0.2) is 16.3 Å². The third kappa shape index (κ3) is 7.09. The molecule has 0 amide bonds. The number of aryl methyl sites for hydroxylation is 2. The molecule has 0 saturated heterocycles. The third-order valence-corrected chi connectivity index (χ3v) is 7.47. The molecule has 5 rings (SSSR count). The van der Waals surface area contributed by atoms with Crippen molar-refractivity contribution in [2.75, 3.05) is 4.90 Å². The number of ether oxygens (including phenoxy) is 1. The van der Waals surface area contributed by atoms with Crippen LogP contribution in [0.3, 0.4) is 0 Å². The van der Waals surface area contributed by atoms with E-state index in [-0.39, 0.29) is 23.5 Å². The molecule has 0 aliphatic rings. The Hall–Kier alpha value is -4.70. The Bertz CT molecular complexity index is 1430. The van der Waals surface area contributed by atoms with E-state index in [0.717, 1.165) is 46.8 Å². The van der Waals surface area contributed by atoms with Crippen molar-refractivity contribution in [3.05, 3.63) is 144 Å². The predicted molar refractivity (Wildman–Crippen MR) is 168 cm³/mol. The van der Waals surface area contributed by atoms with Crippen molar-refractivity contribution in [1.82, 2.24) is 0 Å². The summed E-state index contributed by atoms with van der Waals surface area (Å²) in [5.41, 5.74) is 7.99. The fraction of sp³-hybridized carbons (Fsp3) is 0.189. The zero-order valence-corrected chi connectivity index (χ0v) is 23.9. The van der Waals surface area contributed by atoms with Gasteiger partial charge in [-0.15, -0.1) is 0 Å². The van der Waals surface area contributed by atoms with Crippen molar-refractivity contribution >= 4 is 17.1 Å². The summed E-state index contributed by atoms with van der Waals surface area (Å²) < 4.78 is 6.35. The first-order valence-corrected chi connectivity index (χ1v) is 14.1. The SMILES string of the molecule is Cc1ccc(N(c2ccc(C)cc2)c2ccc(OC(C)CCC(c3ccc(O)cc3)c3ccc(O)cc3)cc2)cc1. The highest BCUT2D eigenvalue weighted by Gasteiger charge is 2.18. The molecule has 0 fully saturated rings. The van der Waals surface area contributed by atoms with Crippen LogP contribution in [-0.2, 0) is 0 Å². The van der Waals surface area contributed by atoms with Crippen molar-refractivity contribution in [2.45, 2.75) is 45.6 Å². The quantitative estimate of drug-likeness (QED) is 0.184. The lowest BCUT2D eigenvalue weighted by molar-refractivity contribution is 0.206. The molecule has 208 valence electrons. The smallest absolute Gasteiger partial charge is 0.119 e. The molecular weight excluding hydrogens is 506 g/mol. The Morgan fingerprint density at radius 2 is 0.927 bits per heavy atom. The molecule has 5 aromatic rings. The van der Waals surface area contributed by atoms with Gasteiger partial charge >= 0.3 is 0 Å². The fourth-order valence-corrected chi connectivity index (χ4v) is 5.14. The molecule has 0 saturated carbocycles. The summed E-state index contributed by atoms with van der Waals surface area (Å²) in [5, 5.41) is 19.6. The molecular formula is C37H37NO3. The van der Waals surface area contributed by atoms with Crippen LogP contribution < -0.4 is 9.64 Å². The normalized spacial score (nSPS) is 11.8. The first-order valence-electron chi connectivity index (χ1n) is 14.1. The van der Waals surface area contributed by atoms with E-state index >= 15 is 0 Å². The van der Waals surface area contributed by atoms with Crippen LogP contribution in [0, 0.1) is 13.8 Å². The van der Waals surface area contributed by atoms with Gasteiger partial charge in [-0.05, 0) is 118 Å². The van der Waals surface area contributed by atoms with Crippen molar-refractivity contribution in [3.8, 4) is 17.2 Å². The summed E-state index contributed by atoms with van der Waals surface area (Å²) in [6.45, 7) is 6.30. The molecule has 0 aliphatic carbocycles. The average Bonchev–Trinajstić information content (AvgIpc) is 2.98. The van der Waals surface area contributed by atoms with Gasteiger partial charge in [-0.1, -0.05) is 59.7 Å². The summed E-state index contributed by atoms with van der Waals surface area (Å²) in [7, 11) is 0. The predicted octanol–water partition coefficient (Wildman–Crippen LogP) is 9.56. The molecule has 2 N–H and O–H groups in total. The highest BCUT2D eigenvalue weighted by atomic mass is 16.5. The van der Waals surface area contributed by atoms with Crippen LogP contribution in [0.4, 0.5) is 17.1 Å². The van der Waals surface area contributed by atoms with Crippen LogP contribution in [0.5, 0.6) is 17.2 Å². The number of aromatic hydroxyl groups is 2. The number of benzene rings is 5. The van der Waals surface area contributed by atoms with Gasteiger partial charge in [0.05, 0.1) is 6.10 Å². The molecule has 0 aliphatic heterocycles. The second-order valence-corrected chi connectivity index (χ2v) is 10.7. The van der Waals surface area contributed by atoms with Gasteiger partial charge in [-0.3, -0.25) is 0 Å². The Labute approximate surface area is 243 Å². The molecule has 0 spiro atoms. The Kier molecular flexibility index (Phi) is 8.59. The van der Waals surface area contributed by atoms with E-state index < -0.39 is 0 Å². The first-order chi connectivity index (χ1) is 19.9. The first kappa shape index (κ1) is 27.9. The Balaban J connectivity index is 1.30. The summed E-state index contributed by atoms with van der Waals surface area (Å²) in [6.07, 6.45) is 1.71. The summed E-state index contributed by atoms with van der Waals surface area (Å²) >= 11 is 0. The largest absolute Gasteiger partial charge is 0.508 e. The van der Waals surface area contributed by atoms with Crippen LogP contribution in [0.15, 0.2) is 121 Å². The van der Waals surface area contributed by atoms with Crippen molar-refractivity contribution in [1.29, 1.82) is 0 Å². The van der Waals surface area contributed by atoms with E-state index in [1.54, 1.807) is 24.3 Å². The van der Waals surface area contributed by atoms with E-state index in [1.165, 1.54) is 11.1 Å². The molecule has 4 heteroatoms. The molecule has 41 heavy (non-hydrogen) atoms. The van der Waals surface area contributed by atoms with Crippen LogP contribution in [0.1, 0.15) is 47.9 Å². The van der Waals surface area contributed by atoms with Gasteiger partial charge in [-0.25, -0.2) is 0 Å². The number of phenols is 2. The number of hydrogen-bond acceptors (Lipinski definition) is 4. The van der Waals surface area contributed by atoms with Gasteiger partial charge < -0.3 is 19.8 Å². The summed E-state index contributed by atoms with van der Waals surface area (Å²) in [4.78, 5) is 2.26. The lowest BCUT2D eigenvalue weighted by atomic mass is 9.86. The van der Waals surface area contributed by atoms with E-state index in [1.807, 2.05) is 36.4 Å². The zero-order valence-electron chi connectivity index (χ0n) is 23.9. The number of rotatable bonds is 10. The molecule has 5 aromatic carbocycles. The maximum atomic E-state index is 9.78. The molecule has 0 aromatic heterocycles. The van der Waals surface area contributed by atoms with Crippen LogP contribution >= 0.6 is 0 Å².